The SMILES string of the molecule is Oc1ccc2c(c1)CC[C@H](c1ccccc1)[C@@H]2c1ccc(OCCCC2CC3(C2)OCCO3)cc1. The molecule has 0 radical (unpaired) electrons. The molecule has 1 saturated carbocycles. The van der Waals surface area contributed by atoms with Gasteiger partial charge in [0.1, 0.15) is 11.5 Å². The molecule has 6 rings (SSSR count). The second-order valence-electron chi connectivity index (χ2n) is 10.4. The summed E-state index contributed by atoms with van der Waals surface area (Å²) < 4.78 is 17.6. The van der Waals surface area contributed by atoms with Gasteiger partial charge >= 0.3 is 0 Å². The van der Waals surface area contributed by atoms with Crippen LogP contribution in [-0.2, 0) is 15.9 Å². The lowest BCUT2D eigenvalue weighted by Gasteiger charge is -2.43. The van der Waals surface area contributed by atoms with Crippen molar-refractivity contribution >= 4 is 0 Å². The zero-order chi connectivity index (χ0) is 23.7. The summed E-state index contributed by atoms with van der Waals surface area (Å²) in [6.45, 7) is 2.22. The molecule has 182 valence electrons. The molecule has 0 unspecified atom stereocenters. The topological polar surface area (TPSA) is 47.9 Å². The molecule has 2 aliphatic carbocycles. The average Bonchev–Trinajstić information content (AvgIpc) is 3.37. The monoisotopic (exact) mass is 470 g/mol. The van der Waals surface area contributed by atoms with Gasteiger partial charge in [-0.3, -0.25) is 0 Å². The lowest BCUT2D eigenvalue weighted by Crippen LogP contribution is -2.44. The van der Waals surface area contributed by atoms with Crippen molar-refractivity contribution < 1.29 is 19.3 Å². The summed E-state index contributed by atoms with van der Waals surface area (Å²) in [6.07, 6.45) is 6.34. The number of benzene rings is 3. The van der Waals surface area contributed by atoms with E-state index in [0.29, 0.717) is 17.6 Å². The van der Waals surface area contributed by atoms with Crippen molar-refractivity contribution in [3.05, 3.63) is 95.1 Å². The van der Waals surface area contributed by atoms with Crippen molar-refractivity contribution in [2.24, 2.45) is 5.92 Å². The molecule has 1 N–H and O–H groups in total. The molecule has 35 heavy (non-hydrogen) atoms. The minimum atomic E-state index is -0.241. The fourth-order valence-electron chi connectivity index (χ4n) is 6.37. The van der Waals surface area contributed by atoms with E-state index in [0.717, 1.165) is 64.1 Å². The third kappa shape index (κ3) is 4.70. The van der Waals surface area contributed by atoms with Crippen molar-refractivity contribution in [3.8, 4) is 11.5 Å². The van der Waals surface area contributed by atoms with Crippen molar-refractivity contribution in [2.75, 3.05) is 19.8 Å². The molecule has 0 amide bonds. The number of phenols is 1. The van der Waals surface area contributed by atoms with Gasteiger partial charge in [0.15, 0.2) is 5.79 Å². The van der Waals surface area contributed by atoms with Crippen LogP contribution in [0.3, 0.4) is 0 Å². The lowest BCUT2D eigenvalue weighted by molar-refractivity contribution is -0.231. The Balaban J connectivity index is 1.11. The number of hydrogen-bond donors (Lipinski definition) is 1. The summed E-state index contributed by atoms with van der Waals surface area (Å²) in [5.41, 5.74) is 5.26. The number of aryl methyl sites for hydroxylation is 1. The van der Waals surface area contributed by atoms with E-state index in [9.17, 15) is 5.11 Å². The zero-order valence-electron chi connectivity index (χ0n) is 20.2. The van der Waals surface area contributed by atoms with Crippen LogP contribution in [0.5, 0.6) is 11.5 Å². The fourth-order valence-corrected chi connectivity index (χ4v) is 6.37. The molecule has 1 heterocycles. The second-order valence-corrected chi connectivity index (χ2v) is 10.4. The van der Waals surface area contributed by atoms with Gasteiger partial charge in [0, 0.05) is 18.8 Å². The Morgan fingerprint density at radius 1 is 0.886 bits per heavy atom. The third-order valence-electron chi connectivity index (χ3n) is 8.09. The summed E-state index contributed by atoms with van der Waals surface area (Å²) in [6, 6.07) is 25.4. The molecule has 1 spiro atoms. The van der Waals surface area contributed by atoms with E-state index in [4.69, 9.17) is 14.2 Å². The highest BCUT2D eigenvalue weighted by Gasteiger charge is 2.48. The number of fused-ring (bicyclic) bond motifs is 1. The first-order valence-electron chi connectivity index (χ1n) is 13.1. The predicted octanol–water partition coefficient (Wildman–Crippen LogP) is 6.57. The molecule has 3 aliphatic rings. The highest BCUT2D eigenvalue weighted by molar-refractivity contribution is 5.48. The molecular weight excluding hydrogens is 436 g/mol. The van der Waals surface area contributed by atoms with Crippen LogP contribution < -0.4 is 4.74 Å². The van der Waals surface area contributed by atoms with Crippen LogP contribution in [0, 0.1) is 5.92 Å². The van der Waals surface area contributed by atoms with E-state index in [1.54, 1.807) is 0 Å². The molecule has 0 bridgehead atoms. The summed E-state index contributed by atoms with van der Waals surface area (Å²) in [7, 11) is 0. The fraction of sp³-hybridized carbons (Fsp3) is 0.419. The minimum absolute atomic E-state index is 0.241. The normalized spacial score (nSPS) is 23.1. The Morgan fingerprint density at radius 3 is 2.43 bits per heavy atom. The zero-order valence-corrected chi connectivity index (χ0v) is 20.2. The number of rotatable bonds is 7. The van der Waals surface area contributed by atoms with Crippen molar-refractivity contribution in [1.82, 2.24) is 0 Å². The van der Waals surface area contributed by atoms with E-state index in [2.05, 4.69) is 60.7 Å². The molecule has 1 aliphatic heterocycles. The Morgan fingerprint density at radius 2 is 1.66 bits per heavy atom. The van der Waals surface area contributed by atoms with E-state index < -0.39 is 0 Å². The molecule has 3 aromatic carbocycles. The van der Waals surface area contributed by atoms with Crippen LogP contribution in [0.15, 0.2) is 72.8 Å². The molecule has 2 atom stereocenters. The maximum Gasteiger partial charge on any atom is 0.169 e. The van der Waals surface area contributed by atoms with Crippen molar-refractivity contribution in [1.29, 1.82) is 0 Å². The van der Waals surface area contributed by atoms with Gasteiger partial charge in [0.25, 0.3) is 0 Å². The van der Waals surface area contributed by atoms with Crippen LogP contribution in [0.2, 0.25) is 0 Å². The van der Waals surface area contributed by atoms with Gasteiger partial charge in [-0.1, -0.05) is 48.5 Å². The van der Waals surface area contributed by atoms with Gasteiger partial charge in [-0.2, -0.15) is 0 Å². The van der Waals surface area contributed by atoms with Crippen LogP contribution in [-0.4, -0.2) is 30.7 Å². The van der Waals surface area contributed by atoms with E-state index in [-0.39, 0.29) is 11.7 Å². The Hall–Kier alpha value is -2.82. The summed E-state index contributed by atoms with van der Waals surface area (Å²) in [4.78, 5) is 0. The molecular formula is C31H34O4. The Bertz CT molecular complexity index is 1130. The summed E-state index contributed by atoms with van der Waals surface area (Å²) in [5.74, 6) is 2.42. The maximum absolute atomic E-state index is 10.0. The number of aromatic hydroxyl groups is 1. The first-order valence-corrected chi connectivity index (χ1v) is 13.1. The lowest BCUT2D eigenvalue weighted by atomic mass is 9.69. The van der Waals surface area contributed by atoms with Crippen LogP contribution >= 0.6 is 0 Å². The molecule has 0 aromatic heterocycles. The van der Waals surface area contributed by atoms with Crippen molar-refractivity contribution in [3.63, 3.8) is 0 Å². The quantitative estimate of drug-likeness (QED) is 0.397. The first kappa shape index (κ1) is 22.6. The minimum Gasteiger partial charge on any atom is -0.508 e. The second kappa shape index (κ2) is 9.67. The summed E-state index contributed by atoms with van der Waals surface area (Å²) in [5, 5.41) is 10.0. The molecule has 4 nitrogen and oxygen atoms in total. The maximum atomic E-state index is 10.0. The highest BCUT2D eigenvalue weighted by atomic mass is 16.7. The third-order valence-corrected chi connectivity index (χ3v) is 8.09. The number of ether oxygens (including phenoxy) is 3. The Labute approximate surface area is 207 Å². The van der Waals surface area contributed by atoms with Gasteiger partial charge in [0.05, 0.1) is 19.8 Å². The van der Waals surface area contributed by atoms with Gasteiger partial charge in [0.2, 0.25) is 0 Å². The Kier molecular flexibility index (Phi) is 6.26. The van der Waals surface area contributed by atoms with Crippen LogP contribution in [0.25, 0.3) is 0 Å². The smallest absolute Gasteiger partial charge is 0.169 e. The van der Waals surface area contributed by atoms with Gasteiger partial charge in [-0.25, -0.2) is 0 Å². The van der Waals surface area contributed by atoms with E-state index in [1.807, 2.05) is 12.1 Å². The number of hydrogen-bond acceptors (Lipinski definition) is 4. The first-order chi connectivity index (χ1) is 17.2. The largest absolute Gasteiger partial charge is 0.508 e. The van der Waals surface area contributed by atoms with E-state index in [1.165, 1.54) is 22.3 Å². The van der Waals surface area contributed by atoms with Gasteiger partial charge in [-0.05, 0) is 84.0 Å². The average molecular weight is 471 g/mol. The van der Waals surface area contributed by atoms with Crippen molar-refractivity contribution in [2.45, 2.75) is 56.1 Å². The molecule has 4 heteroatoms. The highest BCUT2D eigenvalue weighted by Crippen LogP contribution is 2.48. The standard InChI is InChI=1S/C31H34O4/c32-26-11-15-29-25(19-26)10-14-28(23-6-2-1-3-7-23)30(29)24-8-12-27(13-9-24)33-16-4-5-22-20-31(21-22)34-17-18-35-31/h1-3,6-9,11-13,15,19,22,28,30,32H,4-5,10,14,16-18,20-21H2/t28-,30+/m1/s1. The van der Waals surface area contributed by atoms with Crippen LogP contribution in [0.1, 0.15) is 66.2 Å². The van der Waals surface area contributed by atoms with Crippen LogP contribution in [0.4, 0.5) is 0 Å². The molecule has 3 aromatic rings. The van der Waals surface area contributed by atoms with Gasteiger partial charge < -0.3 is 19.3 Å². The van der Waals surface area contributed by atoms with Gasteiger partial charge in [-0.15, -0.1) is 0 Å². The molecule has 2 fully saturated rings. The number of phenolic OH excluding ortho intramolecular Hbond substituents is 1. The molecule has 1 saturated heterocycles. The van der Waals surface area contributed by atoms with E-state index >= 15 is 0 Å². The summed E-state index contributed by atoms with van der Waals surface area (Å²) >= 11 is 0. The predicted molar refractivity (Wildman–Crippen MR) is 136 cm³/mol.